The Balaban J connectivity index is 2.58. The number of hydrogen-bond acceptors (Lipinski definition) is 5. The van der Waals surface area contributed by atoms with Gasteiger partial charge in [-0.2, -0.15) is 0 Å². The highest BCUT2D eigenvalue weighted by atomic mass is 79.9. The quantitative estimate of drug-likeness (QED) is 0.846. The average Bonchev–Trinajstić information content (AvgIpc) is 3.01. The standard InChI is InChI=1S/C15H16BrNO5/c1-20-13-7-6-12(22-13)15(9-18,17-14(19)21-2)10-4-3-5-11(16)8-10/h3-8,18H,9H2,1-2H3,(H,17,19)/t15-/m1/s1. The van der Waals surface area contributed by atoms with Crippen LogP contribution in [0.5, 0.6) is 5.95 Å². The average molecular weight is 370 g/mol. The van der Waals surface area contributed by atoms with Gasteiger partial charge in [0.2, 0.25) is 0 Å². The normalized spacial score (nSPS) is 13.3. The van der Waals surface area contributed by atoms with E-state index in [0.717, 1.165) is 4.47 Å². The van der Waals surface area contributed by atoms with Gasteiger partial charge in [-0.05, 0) is 23.8 Å². The summed E-state index contributed by atoms with van der Waals surface area (Å²) in [4.78, 5) is 11.8. The Morgan fingerprint density at radius 3 is 2.68 bits per heavy atom. The molecule has 0 saturated heterocycles. The third-order valence-corrected chi connectivity index (χ3v) is 3.75. The number of amides is 1. The van der Waals surface area contributed by atoms with Crippen molar-refractivity contribution in [3.63, 3.8) is 0 Å². The lowest BCUT2D eigenvalue weighted by Crippen LogP contribution is -2.49. The summed E-state index contributed by atoms with van der Waals surface area (Å²) in [5.74, 6) is 0.602. The molecule has 7 heteroatoms. The van der Waals surface area contributed by atoms with Gasteiger partial charge >= 0.3 is 6.09 Å². The van der Waals surface area contributed by atoms with Crippen LogP contribution in [0, 0.1) is 0 Å². The molecule has 118 valence electrons. The molecule has 1 aromatic heterocycles. The zero-order chi connectivity index (χ0) is 16.2. The van der Waals surface area contributed by atoms with Gasteiger partial charge in [-0.3, -0.25) is 0 Å². The van der Waals surface area contributed by atoms with Crippen LogP contribution in [0.25, 0.3) is 0 Å². The van der Waals surface area contributed by atoms with Crippen molar-refractivity contribution in [2.24, 2.45) is 0 Å². The maximum Gasteiger partial charge on any atom is 0.408 e. The molecule has 1 aromatic carbocycles. The molecule has 0 fully saturated rings. The van der Waals surface area contributed by atoms with Crippen LogP contribution in [0.2, 0.25) is 0 Å². The van der Waals surface area contributed by atoms with Crippen molar-refractivity contribution in [3.8, 4) is 5.95 Å². The predicted molar refractivity (Wildman–Crippen MR) is 82.8 cm³/mol. The Morgan fingerprint density at radius 2 is 2.14 bits per heavy atom. The molecule has 1 amide bonds. The van der Waals surface area contributed by atoms with Crippen LogP contribution in [0.4, 0.5) is 4.79 Å². The van der Waals surface area contributed by atoms with Gasteiger partial charge in [-0.25, -0.2) is 4.79 Å². The number of aliphatic hydroxyl groups excluding tert-OH is 1. The summed E-state index contributed by atoms with van der Waals surface area (Å²) >= 11 is 3.38. The molecule has 2 aromatic rings. The van der Waals surface area contributed by atoms with Crippen LogP contribution in [-0.2, 0) is 10.3 Å². The van der Waals surface area contributed by atoms with Crippen LogP contribution in [-0.4, -0.2) is 32.0 Å². The highest BCUT2D eigenvalue weighted by molar-refractivity contribution is 9.10. The van der Waals surface area contributed by atoms with Gasteiger partial charge in [0.1, 0.15) is 11.3 Å². The number of furan rings is 1. The second-order valence-corrected chi connectivity index (χ2v) is 5.43. The highest BCUT2D eigenvalue weighted by Gasteiger charge is 2.39. The Labute approximate surface area is 136 Å². The van der Waals surface area contributed by atoms with E-state index in [-0.39, 0.29) is 5.95 Å². The third kappa shape index (κ3) is 3.10. The molecule has 2 rings (SSSR count). The second kappa shape index (κ2) is 6.85. The number of methoxy groups -OCH3 is 2. The minimum atomic E-state index is -1.28. The fourth-order valence-corrected chi connectivity index (χ4v) is 2.52. The first-order chi connectivity index (χ1) is 10.6. The van der Waals surface area contributed by atoms with Crippen molar-refractivity contribution < 1.29 is 23.8 Å². The third-order valence-electron chi connectivity index (χ3n) is 3.26. The Kier molecular flexibility index (Phi) is 5.10. The minimum absolute atomic E-state index is 0.273. The number of rotatable bonds is 5. The van der Waals surface area contributed by atoms with Crippen molar-refractivity contribution in [1.29, 1.82) is 0 Å². The van der Waals surface area contributed by atoms with Gasteiger partial charge < -0.3 is 24.3 Å². The number of nitrogens with one attached hydrogen (secondary N) is 1. The number of alkyl carbamates (subject to hydrolysis) is 1. The lowest BCUT2D eigenvalue weighted by molar-refractivity contribution is 0.127. The van der Waals surface area contributed by atoms with Gasteiger partial charge in [0, 0.05) is 10.5 Å². The van der Waals surface area contributed by atoms with Gasteiger partial charge in [0.25, 0.3) is 5.95 Å². The van der Waals surface area contributed by atoms with E-state index in [1.807, 2.05) is 6.07 Å². The maximum atomic E-state index is 11.8. The van der Waals surface area contributed by atoms with Crippen molar-refractivity contribution in [3.05, 3.63) is 52.2 Å². The number of carbonyl (C=O) groups is 1. The number of halogens is 1. The largest absolute Gasteiger partial charge is 0.468 e. The highest BCUT2D eigenvalue weighted by Crippen LogP contribution is 2.34. The first kappa shape index (κ1) is 16.4. The number of aliphatic hydroxyl groups is 1. The van der Waals surface area contributed by atoms with E-state index in [2.05, 4.69) is 26.0 Å². The SMILES string of the molecule is COC(=O)N[C@](CO)(c1cccc(Br)c1)c1ccc(OC)o1. The topological polar surface area (TPSA) is 80.9 Å². The summed E-state index contributed by atoms with van der Waals surface area (Å²) in [6, 6.07) is 10.4. The maximum absolute atomic E-state index is 11.8. The molecule has 0 spiro atoms. The molecule has 0 saturated carbocycles. The molecule has 0 unspecified atom stereocenters. The monoisotopic (exact) mass is 369 g/mol. The summed E-state index contributed by atoms with van der Waals surface area (Å²) in [6.07, 6.45) is -0.690. The van der Waals surface area contributed by atoms with E-state index in [4.69, 9.17) is 9.15 Å². The minimum Gasteiger partial charge on any atom is -0.468 e. The van der Waals surface area contributed by atoms with Crippen LogP contribution in [0.15, 0.2) is 45.3 Å². The van der Waals surface area contributed by atoms with Gasteiger partial charge in [-0.1, -0.05) is 28.1 Å². The number of carbonyl (C=O) groups excluding carboxylic acids is 1. The zero-order valence-corrected chi connectivity index (χ0v) is 13.7. The fourth-order valence-electron chi connectivity index (χ4n) is 2.12. The van der Waals surface area contributed by atoms with Gasteiger partial charge in [0.05, 0.1) is 20.8 Å². The summed E-state index contributed by atoms with van der Waals surface area (Å²) in [5.41, 5.74) is -0.653. The summed E-state index contributed by atoms with van der Waals surface area (Å²) in [5, 5.41) is 12.7. The van der Waals surface area contributed by atoms with E-state index >= 15 is 0 Å². The molecule has 0 aliphatic carbocycles. The molecule has 0 bridgehead atoms. The molecule has 1 heterocycles. The zero-order valence-electron chi connectivity index (χ0n) is 12.1. The van der Waals surface area contributed by atoms with Crippen molar-refractivity contribution in [2.75, 3.05) is 20.8 Å². The summed E-state index contributed by atoms with van der Waals surface area (Å²) in [6.45, 7) is -0.421. The Morgan fingerprint density at radius 1 is 1.36 bits per heavy atom. The fraction of sp³-hybridized carbons (Fsp3) is 0.267. The molecule has 0 aliphatic heterocycles. The van der Waals surface area contributed by atoms with E-state index < -0.39 is 18.2 Å². The first-order valence-electron chi connectivity index (χ1n) is 6.43. The number of hydrogen-bond donors (Lipinski definition) is 2. The van der Waals surface area contributed by atoms with Crippen molar-refractivity contribution in [2.45, 2.75) is 5.54 Å². The van der Waals surface area contributed by atoms with Crippen molar-refractivity contribution in [1.82, 2.24) is 5.32 Å². The van der Waals surface area contributed by atoms with Crippen molar-refractivity contribution >= 4 is 22.0 Å². The van der Waals surface area contributed by atoms with E-state index in [9.17, 15) is 9.90 Å². The number of ether oxygens (including phenoxy) is 2. The molecular weight excluding hydrogens is 354 g/mol. The number of benzene rings is 1. The van der Waals surface area contributed by atoms with Crippen LogP contribution >= 0.6 is 15.9 Å². The molecule has 0 aliphatic rings. The molecule has 0 radical (unpaired) electrons. The van der Waals surface area contributed by atoms with E-state index in [0.29, 0.717) is 11.3 Å². The Bertz CT molecular complexity index is 657. The van der Waals surface area contributed by atoms with Crippen LogP contribution in [0.3, 0.4) is 0 Å². The van der Waals surface area contributed by atoms with Gasteiger partial charge in [0.15, 0.2) is 0 Å². The van der Waals surface area contributed by atoms with Gasteiger partial charge in [-0.15, -0.1) is 0 Å². The molecule has 22 heavy (non-hydrogen) atoms. The smallest absolute Gasteiger partial charge is 0.408 e. The summed E-state index contributed by atoms with van der Waals surface area (Å²) < 4.78 is 16.1. The molecule has 6 nitrogen and oxygen atoms in total. The molecule has 1 atom stereocenters. The lowest BCUT2D eigenvalue weighted by atomic mass is 9.88. The second-order valence-electron chi connectivity index (χ2n) is 4.51. The first-order valence-corrected chi connectivity index (χ1v) is 7.22. The van der Waals surface area contributed by atoms with Crippen LogP contribution < -0.4 is 10.1 Å². The predicted octanol–water partition coefficient (Wildman–Crippen LogP) is 2.64. The Hall–Kier alpha value is -1.99. The van der Waals surface area contributed by atoms with E-state index in [1.165, 1.54) is 14.2 Å². The lowest BCUT2D eigenvalue weighted by Gasteiger charge is -2.31. The van der Waals surface area contributed by atoms with E-state index in [1.54, 1.807) is 30.3 Å². The molecule has 2 N–H and O–H groups in total. The summed E-state index contributed by atoms with van der Waals surface area (Å²) in [7, 11) is 2.72. The molecular formula is C15H16BrNO5. The van der Waals surface area contributed by atoms with Crippen LogP contribution in [0.1, 0.15) is 11.3 Å².